The average Bonchev–Trinajstić information content (AvgIpc) is 3.02. The minimum atomic E-state index is -0.600. The molecule has 25 heavy (non-hydrogen) atoms. The molecule has 134 valence electrons. The zero-order chi connectivity index (χ0) is 17.2. The predicted molar refractivity (Wildman–Crippen MR) is 105 cm³/mol. The van der Waals surface area contributed by atoms with E-state index in [0.29, 0.717) is 12.6 Å². The van der Waals surface area contributed by atoms with Gasteiger partial charge in [0, 0.05) is 47.4 Å². The smallest absolute Gasteiger partial charge is 0.114 e. The second-order valence-corrected chi connectivity index (χ2v) is 8.44. The Morgan fingerprint density at radius 1 is 1.16 bits per heavy atom. The minimum absolute atomic E-state index is 0.522. The van der Waals surface area contributed by atoms with E-state index in [0.717, 1.165) is 35.4 Å². The summed E-state index contributed by atoms with van der Waals surface area (Å²) in [5.41, 5.74) is 2.20. The van der Waals surface area contributed by atoms with Gasteiger partial charge in [-0.3, -0.25) is 4.98 Å². The third kappa shape index (κ3) is 4.14. The van der Waals surface area contributed by atoms with Crippen molar-refractivity contribution in [1.29, 1.82) is 0 Å². The molecule has 4 rings (SSSR count). The molecule has 5 heteroatoms. The van der Waals surface area contributed by atoms with Crippen molar-refractivity contribution in [3.63, 3.8) is 0 Å². The molecule has 1 aliphatic heterocycles. The molecule has 2 aliphatic rings. The molecule has 3 nitrogen and oxygen atoms in total. The van der Waals surface area contributed by atoms with E-state index in [2.05, 4.69) is 49.3 Å². The quantitative estimate of drug-likeness (QED) is 0.774. The zero-order valence-electron chi connectivity index (χ0n) is 14.4. The second-order valence-electron chi connectivity index (χ2n) is 7.53. The maximum atomic E-state index is 13.3. The Balaban J connectivity index is 1.35. The fourth-order valence-corrected chi connectivity index (χ4v) is 4.63. The van der Waals surface area contributed by atoms with Gasteiger partial charge >= 0.3 is 0 Å². The number of hydrogen-bond donors (Lipinski definition) is 1. The van der Waals surface area contributed by atoms with Crippen molar-refractivity contribution in [3.05, 3.63) is 34.9 Å². The Morgan fingerprint density at radius 2 is 2.00 bits per heavy atom. The summed E-state index contributed by atoms with van der Waals surface area (Å²) in [5.74, 6) is 0.728. The van der Waals surface area contributed by atoms with Crippen LogP contribution in [0.1, 0.15) is 32.1 Å². The topological polar surface area (TPSA) is 28.2 Å². The van der Waals surface area contributed by atoms with E-state index in [-0.39, 0.29) is 0 Å². The third-order valence-electron chi connectivity index (χ3n) is 5.64. The summed E-state index contributed by atoms with van der Waals surface area (Å²) in [6, 6.07) is 8.82. The van der Waals surface area contributed by atoms with Crippen LogP contribution in [0, 0.1) is 5.92 Å². The number of pyridine rings is 1. The van der Waals surface area contributed by atoms with Gasteiger partial charge in [0.2, 0.25) is 0 Å². The monoisotopic (exact) mass is 405 g/mol. The summed E-state index contributed by atoms with van der Waals surface area (Å²) in [5, 5.41) is 4.91. The minimum Gasteiger partial charge on any atom is -0.382 e. The number of anilines is 1. The largest absolute Gasteiger partial charge is 0.382 e. The second kappa shape index (κ2) is 7.58. The number of benzene rings is 1. The molecule has 1 aliphatic carbocycles. The lowest BCUT2D eigenvalue weighted by atomic mass is 9.85. The lowest BCUT2D eigenvalue weighted by molar-refractivity contribution is 0.214. The first-order valence-corrected chi connectivity index (χ1v) is 10.1. The number of likely N-dealkylation sites (tertiary alicyclic amines) is 1. The molecule has 1 aromatic heterocycles. The van der Waals surface area contributed by atoms with Crippen LogP contribution in [0.2, 0.25) is 0 Å². The van der Waals surface area contributed by atoms with Crippen LogP contribution in [0.25, 0.3) is 10.9 Å². The standard InChI is InChI=1S/C20H25BrFN3/c21-15-3-6-19-18(11-15)20(7-9-23-19)24-17-4-1-14(2-5-17)12-25-10-8-16(22)13-25/h3,6-7,9,11,14,16-17H,1-2,4-5,8,10,12-13H2,(H,23,24)/t14?,16-,17?/m1/s1. The molecular weight excluding hydrogens is 381 g/mol. The summed E-state index contributed by atoms with van der Waals surface area (Å²) in [6.07, 6.45) is 6.85. The van der Waals surface area contributed by atoms with Gasteiger partial charge in [0.25, 0.3) is 0 Å². The number of rotatable bonds is 4. The van der Waals surface area contributed by atoms with Gasteiger partial charge in [-0.15, -0.1) is 0 Å². The molecule has 0 spiro atoms. The van der Waals surface area contributed by atoms with E-state index in [1.165, 1.54) is 36.8 Å². The highest BCUT2D eigenvalue weighted by molar-refractivity contribution is 9.10. The Morgan fingerprint density at radius 3 is 2.76 bits per heavy atom. The first kappa shape index (κ1) is 17.2. The SMILES string of the molecule is F[C@@H]1CCN(CC2CCC(Nc3ccnc4ccc(Br)cc34)CC2)C1. The molecule has 2 aromatic rings. The predicted octanol–water partition coefficient (Wildman–Crippen LogP) is 5.01. The van der Waals surface area contributed by atoms with Crippen LogP contribution < -0.4 is 5.32 Å². The fraction of sp³-hybridized carbons (Fsp3) is 0.550. The molecule has 0 amide bonds. The van der Waals surface area contributed by atoms with E-state index in [4.69, 9.17) is 0 Å². The summed E-state index contributed by atoms with van der Waals surface area (Å²) in [6.45, 7) is 2.67. The highest BCUT2D eigenvalue weighted by Gasteiger charge is 2.27. The summed E-state index contributed by atoms with van der Waals surface area (Å²) in [4.78, 5) is 6.77. The van der Waals surface area contributed by atoms with Gasteiger partial charge in [0.1, 0.15) is 6.17 Å². The summed E-state index contributed by atoms with van der Waals surface area (Å²) in [7, 11) is 0. The van der Waals surface area contributed by atoms with Gasteiger partial charge in [-0.25, -0.2) is 4.39 Å². The molecule has 0 unspecified atom stereocenters. The van der Waals surface area contributed by atoms with Crippen LogP contribution in [-0.2, 0) is 0 Å². The highest BCUT2D eigenvalue weighted by Crippen LogP contribution is 2.31. The van der Waals surface area contributed by atoms with Crippen molar-refractivity contribution in [2.75, 3.05) is 25.0 Å². The Hall–Kier alpha value is -1.20. The number of nitrogens with zero attached hydrogens (tertiary/aromatic N) is 2. The van der Waals surface area contributed by atoms with Crippen LogP contribution in [0.15, 0.2) is 34.9 Å². The van der Waals surface area contributed by atoms with Crippen LogP contribution in [0.3, 0.4) is 0 Å². The number of fused-ring (bicyclic) bond motifs is 1. The molecule has 1 saturated heterocycles. The number of aromatic nitrogens is 1. The molecule has 0 bridgehead atoms. The molecule has 1 N–H and O–H groups in total. The molecule has 1 saturated carbocycles. The maximum Gasteiger partial charge on any atom is 0.114 e. The summed E-state index contributed by atoms with van der Waals surface area (Å²) < 4.78 is 14.4. The first-order valence-electron chi connectivity index (χ1n) is 9.34. The molecule has 0 radical (unpaired) electrons. The van der Waals surface area contributed by atoms with Crippen LogP contribution >= 0.6 is 15.9 Å². The average molecular weight is 406 g/mol. The van der Waals surface area contributed by atoms with E-state index in [1.807, 2.05) is 12.3 Å². The number of nitrogens with one attached hydrogen (secondary N) is 1. The lowest BCUT2D eigenvalue weighted by Gasteiger charge is -2.32. The van der Waals surface area contributed by atoms with E-state index in [1.54, 1.807) is 0 Å². The van der Waals surface area contributed by atoms with Crippen LogP contribution in [0.5, 0.6) is 0 Å². The van der Waals surface area contributed by atoms with Gasteiger partial charge in [-0.1, -0.05) is 15.9 Å². The normalized spacial score (nSPS) is 27.7. The lowest BCUT2D eigenvalue weighted by Crippen LogP contribution is -2.33. The van der Waals surface area contributed by atoms with E-state index >= 15 is 0 Å². The molecule has 2 heterocycles. The van der Waals surface area contributed by atoms with Gasteiger partial charge in [-0.2, -0.15) is 0 Å². The Kier molecular flexibility index (Phi) is 5.23. The van der Waals surface area contributed by atoms with E-state index in [9.17, 15) is 4.39 Å². The third-order valence-corrected chi connectivity index (χ3v) is 6.13. The Bertz CT molecular complexity index is 730. The van der Waals surface area contributed by atoms with Crippen molar-refractivity contribution < 1.29 is 4.39 Å². The summed E-state index contributed by atoms with van der Waals surface area (Å²) >= 11 is 3.56. The van der Waals surface area contributed by atoms with Gasteiger partial charge in [0.05, 0.1) is 5.52 Å². The van der Waals surface area contributed by atoms with Crippen molar-refractivity contribution in [2.45, 2.75) is 44.3 Å². The Labute approximate surface area is 157 Å². The van der Waals surface area contributed by atoms with Crippen LogP contribution in [-0.4, -0.2) is 41.7 Å². The molecular formula is C20H25BrFN3. The molecule has 1 aromatic carbocycles. The fourth-order valence-electron chi connectivity index (χ4n) is 4.27. The van der Waals surface area contributed by atoms with Crippen molar-refractivity contribution >= 4 is 32.5 Å². The number of hydrogen-bond acceptors (Lipinski definition) is 3. The van der Waals surface area contributed by atoms with Gasteiger partial charge in [-0.05, 0) is 62.3 Å². The van der Waals surface area contributed by atoms with Crippen LogP contribution in [0.4, 0.5) is 10.1 Å². The van der Waals surface area contributed by atoms with Crippen molar-refractivity contribution in [2.24, 2.45) is 5.92 Å². The highest BCUT2D eigenvalue weighted by atomic mass is 79.9. The molecule has 2 fully saturated rings. The zero-order valence-corrected chi connectivity index (χ0v) is 16.0. The van der Waals surface area contributed by atoms with Gasteiger partial charge < -0.3 is 10.2 Å². The maximum absolute atomic E-state index is 13.3. The van der Waals surface area contributed by atoms with Gasteiger partial charge in [0.15, 0.2) is 0 Å². The van der Waals surface area contributed by atoms with E-state index < -0.39 is 6.17 Å². The first-order chi connectivity index (χ1) is 12.2. The number of halogens is 2. The van der Waals surface area contributed by atoms with Crippen molar-refractivity contribution in [3.8, 4) is 0 Å². The number of alkyl halides is 1. The molecule has 1 atom stereocenters. The van der Waals surface area contributed by atoms with Crippen molar-refractivity contribution in [1.82, 2.24) is 9.88 Å².